The second-order valence-electron chi connectivity index (χ2n) is 6.28. The van der Waals surface area contributed by atoms with Crippen LogP contribution < -0.4 is 0 Å². The number of benzene rings is 1. The van der Waals surface area contributed by atoms with Crippen molar-refractivity contribution in [3.8, 4) is 5.75 Å². The molecule has 0 amide bonds. The van der Waals surface area contributed by atoms with Crippen molar-refractivity contribution in [3.63, 3.8) is 0 Å². The van der Waals surface area contributed by atoms with Crippen LogP contribution in [0.1, 0.15) is 36.5 Å². The predicted molar refractivity (Wildman–Crippen MR) is 78.9 cm³/mol. The lowest BCUT2D eigenvalue weighted by Crippen LogP contribution is -2.31. The summed E-state index contributed by atoms with van der Waals surface area (Å²) in [6.45, 7) is 4.49. The summed E-state index contributed by atoms with van der Waals surface area (Å²) in [5.41, 5.74) is 5.62. The number of aromatic hydroxyl groups is 1. The van der Waals surface area contributed by atoms with Crippen LogP contribution in [-0.2, 0) is 6.42 Å². The summed E-state index contributed by atoms with van der Waals surface area (Å²) in [7, 11) is 0. The highest BCUT2D eigenvalue weighted by molar-refractivity contribution is 5.59. The lowest BCUT2D eigenvalue weighted by Gasteiger charge is -2.41. The maximum absolute atomic E-state index is 9.92. The second kappa shape index (κ2) is 3.78. The van der Waals surface area contributed by atoms with Crippen molar-refractivity contribution < 1.29 is 10.2 Å². The number of rotatable bonds is 3. The second-order valence-corrected chi connectivity index (χ2v) is 6.28. The zero-order chi connectivity index (χ0) is 14.0. The van der Waals surface area contributed by atoms with Crippen LogP contribution in [0.25, 0.3) is 0 Å². The van der Waals surface area contributed by atoms with Gasteiger partial charge in [0.2, 0.25) is 0 Å². The van der Waals surface area contributed by atoms with Gasteiger partial charge < -0.3 is 10.2 Å². The summed E-state index contributed by atoms with van der Waals surface area (Å²) in [5, 5.41) is 19.6. The van der Waals surface area contributed by atoms with Crippen molar-refractivity contribution in [1.82, 2.24) is 0 Å². The molecule has 0 heterocycles. The molecule has 2 nitrogen and oxygen atoms in total. The molecule has 0 aliphatic heterocycles. The molecule has 4 aliphatic carbocycles. The Morgan fingerprint density at radius 2 is 1.85 bits per heavy atom. The summed E-state index contributed by atoms with van der Waals surface area (Å²) in [6, 6.07) is 4.27. The highest BCUT2D eigenvalue weighted by Gasteiger charge is 2.41. The van der Waals surface area contributed by atoms with Crippen molar-refractivity contribution in [2.24, 2.45) is 11.8 Å². The van der Waals surface area contributed by atoms with Gasteiger partial charge in [-0.1, -0.05) is 44.2 Å². The van der Waals surface area contributed by atoms with Gasteiger partial charge in [-0.2, -0.15) is 0 Å². The minimum Gasteiger partial charge on any atom is -0.507 e. The van der Waals surface area contributed by atoms with Gasteiger partial charge in [0.1, 0.15) is 11.5 Å². The molecule has 5 rings (SSSR count). The molecule has 1 unspecified atom stereocenters. The van der Waals surface area contributed by atoms with Crippen LogP contribution in [0.5, 0.6) is 5.75 Å². The maximum Gasteiger partial charge on any atom is 0.123 e. The number of phenolic OH excluding ortho intramolecular Hbond substituents is 1. The molecule has 0 saturated carbocycles. The third-order valence-electron chi connectivity index (χ3n) is 5.28. The SMILES string of the molecule is C[C@H](C1c2cccc1c2O)[C@@H](C)c1cc2c(O)c(c1)C2. The Morgan fingerprint density at radius 3 is 2.35 bits per heavy atom. The van der Waals surface area contributed by atoms with E-state index in [2.05, 4.69) is 26.0 Å². The van der Waals surface area contributed by atoms with E-state index in [0.717, 1.165) is 28.7 Å². The Hall–Kier alpha value is -1.96. The van der Waals surface area contributed by atoms with E-state index < -0.39 is 0 Å². The number of phenols is 1. The number of aliphatic hydroxyl groups is 1. The van der Waals surface area contributed by atoms with Gasteiger partial charge in [0, 0.05) is 23.5 Å². The van der Waals surface area contributed by atoms with Gasteiger partial charge in [-0.05, 0) is 28.5 Å². The fourth-order valence-electron chi connectivity index (χ4n) is 3.75. The van der Waals surface area contributed by atoms with Gasteiger partial charge in [0.15, 0.2) is 0 Å². The average Bonchev–Trinajstić information content (AvgIpc) is 2.52. The number of aliphatic hydroxyl groups excluding tert-OH is 1. The molecule has 0 radical (unpaired) electrons. The number of fused-ring (bicyclic) bond motifs is 4. The van der Waals surface area contributed by atoms with Gasteiger partial charge in [0.05, 0.1) is 0 Å². The molecule has 4 aliphatic rings. The van der Waals surface area contributed by atoms with Gasteiger partial charge in [-0.15, -0.1) is 0 Å². The minimum atomic E-state index is 0.357. The van der Waals surface area contributed by atoms with E-state index >= 15 is 0 Å². The van der Waals surface area contributed by atoms with Crippen LogP contribution in [0, 0.1) is 11.8 Å². The monoisotopic (exact) mass is 266 g/mol. The smallest absolute Gasteiger partial charge is 0.123 e. The molecule has 0 fully saturated rings. The van der Waals surface area contributed by atoms with E-state index in [0.29, 0.717) is 29.3 Å². The average molecular weight is 266 g/mol. The van der Waals surface area contributed by atoms with Crippen molar-refractivity contribution in [1.29, 1.82) is 0 Å². The van der Waals surface area contributed by atoms with E-state index in [4.69, 9.17) is 0 Å². The van der Waals surface area contributed by atoms with E-state index in [9.17, 15) is 10.2 Å². The molecular weight excluding hydrogens is 248 g/mol. The standard InChI is InChI=1S/C18H18O2/c1-9(11-6-12-8-13(7-11)17(12)19)10(2)16-14-4-3-5-15(16)18(14)20/h3-7,9-10,16,19-20H,8H2,1-2H3/t9-,10+/m1/s1. The summed E-state index contributed by atoms with van der Waals surface area (Å²) in [5.74, 6) is 2.18. The van der Waals surface area contributed by atoms with Crippen LogP contribution in [0.4, 0.5) is 0 Å². The Kier molecular flexibility index (Phi) is 2.24. The number of hydrogen-bond donors (Lipinski definition) is 2. The Balaban J connectivity index is 1.61. The molecule has 3 atom stereocenters. The Labute approximate surface area is 118 Å². The normalized spacial score (nSPS) is 24.7. The largest absolute Gasteiger partial charge is 0.507 e. The maximum atomic E-state index is 9.92. The zero-order valence-corrected chi connectivity index (χ0v) is 11.7. The minimum absolute atomic E-state index is 0.357. The summed E-state index contributed by atoms with van der Waals surface area (Å²) in [4.78, 5) is 0. The fraction of sp³-hybridized carbons (Fsp3) is 0.333. The molecule has 1 aromatic carbocycles. The van der Waals surface area contributed by atoms with Gasteiger partial charge in [-0.3, -0.25) is 0 Å². The first kappa shape index (κ1) is 11.8. The molecular formula is C18H18O2. The first-order valence-corrected chi connectivity index (χ1v) is 7.24. The number of hydrogen-bond acceptors (Lipinski definition) is 2. The third kappa shape index (κ3) is 1.34. The highest BCUT2D eigenvalue weighted by Crippen LogP contribution is 2.51. The topological polar surface area (TPSA) is 40.5 Å². The molecule has 102 valence electrons. The van der Waals surface area contributed by atoms with Crippen molar-refractivity contribution in [3.05, 3.63) is 64.0 Å². The molecule has 2 heteroatoms. The quantitative estimate of drug-likeness (QED) is 0.882. The zero-order valence-electron chi connectivity index (χ0n) is 11.7. The van der Waals surface area contributed by atoms with Gasteiger partial charge in [0.25, 0.3) is 0 Å². The molecule has 2 N–H and O–H groups in total. The van der Waals surface area contributed by atoms with Crippen molar-refractivity contribution in [2.75, 3.05) is 0 Å². The molecule has 0 saturated heterocycles. The molecule has 4 bridgehead atoms. The first-order chi connectivity index (χ1) is 9.58. The van der Waals surface area contributed by atoms with Gasteiger partial charge >= 0.3 is 0 Å². The van der Waals surface area contributed by atoms with Crippen molar-refractivity contribution >= 4 is 0 Å². The van der Waals surface area contributed by atoms with E-state index in [-0.39, 0.29) is 0 Å². The molecule has 0 aromatic heterocycles. The summed E-state index contributed by atoms with van der Waals surface area (Å²) in [6.07, 6.45) is 6.98. The molecule has 0 spiro atoms. The Bertz CT molecular complexity index is 683. The lowest BCUT2D eigenvalue weighted by atomic mass is 9.64. The molecule has 1 aromatic rings. The van der Waals surface area contributed by atoms with Crippen LogP contribution in [0.2, 0.25) is 0 Å². The molecule has 20 heavy (non-hydrogen) atoms. The Morgan fingerprint density at radius 1 is 1.15 bits per heavy atom. The summed E-state index contributed by atoms with van der Waals surface area (Å²) < 4.78 is 0. The van der Waals surface area contributed by atoms with Crippen LogP contribution in [-0.4, -0.2) is 10.2 Å². The van der Waals surface area contributed by atoms with Gasteiger partial charge in [-0.25, -0.2) is 0 Å². The van der Waals surface area contributed by atoms with Crippen LogP contribution >= 0.6 is 0 Å². The predicted octanol–water partition coefficient (Wildman–Crippen LogP) is 3.97. The van der Waals surface area contributed by atoms with E-state index in [1.807, 2.05) is 18.2 Å². The number of allylic oxidation sites excluding steroid dienone is 5. The fourth-order valence-corrected chi connectivity index (χ4v) is 3.75. The lowest BCUT2D eigenvalue weighted by molar-refractivity contribution is 0.306. The first-order valence-electron chi connectivity index (χ1n) is 7.24. The third-order valence-corrected chi connectivity index (χ3v) is 5.28. The van der Waals surface area contributed by atoms with Crippen molar-refractivity contribution in [2.45, 2.75) is 26.2 Å². The highest BCUT2D eigenvalue weighted by atomic mass is 16.3. The van der Waals surface area contributed by atoms with Crippen LogP contribution in [0.15, 0.2) is 47.3 Å². The summed E-state index contributed by atoms with van der Waals surface area (Å²) >= 11 is 0. The van der Waals surface area contributed by atoms with E-state index in [1.54, 1.807) is 0 Å². The van der Waals surface area contributed by atoms with E-state index in [1.165, 1.54) is 5.56 Å². The van der Waals surface area contributed by atoms with Crippen LogP contribution in [0.3, 0.4) is 0 Å².